The minimum absolute atomic E-state index is 0.0867. The Hall–Kier alpha value is -3.67. The molecule has 0 saturated heterocycles. The van der Waals surface area contributed by atoms with Gasteiger partial charge in [0.25, 0.3) is 0 Å². The molecule has 0 spiro atoms. The first-order valence-corrected chi connectivity index (χ1v) is 8.67. The molecule has 1 aromatic carbocycles. The SMILES string of the molecule is Nc1cnc(-c2ccccc2)c(CC(=O)NCc2cc3cnccc3[nH]2)c1. The van der Waals surface area contributed by atoms with Crippen LogP contribution in [-0.4, -0.2) is 20.9 Å². The van der Waals surface area contributed by atoms with E-state index in [9.17, 15) is 4.79 Å². The number of rotatable bonds is 5. The number of carbonyl (C=O) groups is 1. The second-order valence-electron chi connectivity index (χ2n) is 6.35. The first-order valence-electron chi connectivity index (χ1n) is 8.67. The molecule has 0 unspecified atom stereocenters. The van der Waals surface area contributed by atoms with Crippen molar-refractivity contribution in [1.82, 2.24) is 20.3 Å². The number of nitrogens with one attached hydrogen (secondary N) is 2. The molecule has 3 heterocycles. The molecule has 0 bridgehead atoms. The average molecular weight is 357 g/mol. The molecular weight excluding hydrogens is 338 g/mol. The number of pyridine rings is 2. The molecule has 0 radical (unpaired) electrons. The van der Waals surface area contributed by atoms with Crippen LogP contribution in [0.25, 0.3) is 22.2 Å². The van der Waals surface area contributed by atoms with E-state index in [4.69, 9.17) is 5.73 Å². The first-order chi connectivity index (χ1) is 13.2. The topological polar surface area (TPSA) is 96.7 Å². The smallest absolute Gasteiger partial charge is 0.224 e. The molecule has 3 aromatic heterocycles. The average Bonchev–Trinajstić information content (AvgIpc) is 3.10. The summed E-state index contributed by atoms with van der Waals surface area (Å²) in [6.07, 6.45) is 5.35. The third kappa shape index (κ3) is 3.79. The number of nitrogen functional groups attached to an aromatic ring is 1. The summed E-state index contributed by atoms with van der Waals surface area (Å²) in [6, 6.07) is 15.5. The van der Waals surface area contributed by atoms with Crippen LogP contribution in [0.15, 0.2) is 67.1 Å². The maximum absolute atomic E-state index is 12.5. The molecule has 4 N–H and O–H groups in total. The van der Waals surface area contributed by atoms with Gasteiger partial charge in [-0.2, -0.15) is 0 Å². The van der Waals surface area contributed by atoms with Gasteiger partial charge in [-0.25, -0.2) is 0 Å². The van der Waals surface area contributed by atoms with Gasteiger partial charge in [-0.15, -0.1) is 0 Å². The lowest BCUT2D eigenvalue weighted by Crippen LogP contribution is -2.25. The molecule has 27 heavy (non-hydrogen) atoms. The highest BCUT2D eigenvalue weighted by molar-refractivity contribution is 5.82. The molecule has 4 aromatic rings. The van der Waals surface area contributed by atoms with E-state index < -0.39 is 0 Å². The summed E-state index contributed by atoms with van der Waals surface area (Å²) in [7, 11) is 0. The number of amides is 1. The van der Waals surface area contributed by atoms with Gasteiger partial charge in [0.05, 0.1) is 30.5 Å². The molecule has 0 aliphatic rings. The van der Waals surface area contributed by atoms with E-state index in [1.165, 1.54) is 0 Å². The molecule has 0 saturated carbocycles. The maximum atomic E-state index is 12.5. The third-order valence-electron chi connectivity index (χ3n) is 4.34. The number of H-pyrrole nitrogens is 1. The zero-order chi connectivity index (χ0) is 18.6. The molecule has 0 atom stereocenters. The number of hydrogen-bond acceptors (Lipinski definition) is 4. The van der Waals surface area contributed by atoms with Crippen LogP contribution >= 0.6 is 0 Å². The summed E-state index contributed by atoms with van der Waals surface area (Å²) in [4.78, 5) is 24.3. The lowest BCUT2D eigenvalue weighted by Gasteiger charge is -2.10. The normalized spacial score (nSPS) is 10.8. The van der Waals surface area contributed by atoms with Crippen LogP contribution in [0.2, 0.25) is 0 Å². The van der Waals surface area contributed by atoms with Crippen molar-refractivity contribution in [2.45, 2.75) is 13.0 Å². The second-order valence-corrected chi connectivity index (χ2v) is 6.35. The molecule has 134 valence electrons. The van der Waals surface area contributed by atoms with Crippen molar-refractivity contribution in [2.24, 2.45) is 0 Å². The van der Waals surface area contributed by atoms with E-state index >= 15 is 0 Å². The predicted molar refractivity (Wildman–Crippen MR) is 106 cm³/mol. The van der Waals surface area contributed by atoms with Crippen LogP contribution in [0.1, 0.15) is 11.3 Å². The van der Waals surface area contributed by atoms with Gasteiger partial charge in [0.1, 0.15) is 0 Å². The Morgan fingerprint density at radius 3 is 2.78 bits per heavy atom. The number of aromatic nitrogens is 3. The van der Waals surface area contributed by atoms with Crippen LogP contribution in [0.3, 0.4) is 0 Å². The van der Waals surface area contributed by atoms with E-state index in [2.05, 4.69) is 20.3 Å². The molecule has 0 aliphatic heterocycles. The van der Waals surface area contributed by atoms with Gasteiger partial charge in [-0.05, 0) is 23.8 Å². The Balaban J connectivity index is 1.48. The third-order valence-corrected chi connectivity index (χ3v) is 4.34. The highest BCUT2D eigenvalue weighted by Crippen LogP contribution is 2.23. The predicted octanol–water partition coefficient (Wildman–Crippen LogP) is 3.07. The number of hydrogen-bond donors (Lipinski definition) is 3. The van der Waals surface area contributed by atoms with Crippen molar-refractivity contribution >= 4 is 22.5 Å². The lowest BCUT2D eigenvalue weighted by molar-refractivity contribution is -0.120. The van der Waals surface area contributed by atoms with Gasteiger partial charge in [-0.3, -0.25) is 14.8 Å². The molecule has 1 amide bonds. The van der Waals surface area contributed by atoms with Gasteiger partial charge < -0.3 is 16.0 Å². The Bertz CT molecular complexity index is 1060. The summed E-state index contributed by atoms with van der Waals surface area (Å²) < 4.78 is 0. The van der Waals surface area contributed by atoms with Crippen LogP contribution in [0, 0.1) is 0 Å². The number of nitrogens with zero attached hydrogens (tertiary/aromatic N) is 2. The van der Waals surface area contributed by atoms with Crippen molar-refractivity contribution in [2.75, 3.05) is 5.73 Å². The summed E-state index contributed by atoms with van der Waals surface area (Å²) in [5.41, 5.74) is 10.9. The highest BCUT2D eigenvalue weighted by atomic mass is 16.1. The number of fused-ring (bicyclic) bond motifs is 1. The molecule has 0 aliphatic carbocycles. The van der Waals surface area contributed by atoms with Gasteiger partial charge in [0, 0.05) is 34.6 Å². The minimum Gasteiger partial charge on any atom is -0.397 e. The zero-order valence-corrected chi connectivity index (χ0v) is 14.6. The summed E-state index contributed by atoms with van der Waals surface area (Å²) in [6.45, 7) is 0.421. The van der Waals surface area contributed by atoms with E-state index in [0.29, 0.717) is 12.2 Å². The maximum Gasteiger partial charge on any atom is 0.224 e. The summed E-state index contributed by atoms with van der Waals surface area (Å²) >= 11 is 0. The number of nitrogens with two attached hydrogens (primary N) is 1. The monoisotopic (exact) mass is 357 g/mol. The fourth-order valence-electron chi connectivity index (χ4n) is 3.08. The molecular formula is C21H19N5O. The van der Waals surface area contributed by atoms with Crippen molar-refractivity contribution < 1.29 is 4.79 Å². The second kappa shape index (κ2) is 7.29. The quantitative estimate of drug-likeness (QED) is 0.511. The zero-order valence-electron chi connectivity index (χ0n) is 14.6. The van der Waals surface area contributed by atoms with Gasteiger partial charge in [0.15, 0.2) is 0 Å². The Morgan fingerprint density at radius 2 is 1.96 bits per heavy atom. The van der Waals surface area contributed by atoms with Crippen molar-refractivity contribution in [3.8, 4) is 11.3 Å². The molecule has 6 heteroatoms. The lowest BCUT2D eigenvalue weighted by atomic mass is 10.0. The van der Waals surface area contributed by atoms with E-state index in [0.717, 1.165) is 33.4 Å². The Kier molecular flexibility index (Phi) is 4.53. The van der Waals surface area contributed by atoms with Crippen LogP contribution in [0.5, 0.6) is 0 Å². The summed E-state index contributed by atoms with van der Waals surface area (Å²) in [5.74, 6) is -0.0867. The van der Waals surface area contributed by atoms with E-state index in [1.54, 1.807) is 18.6 Å². The number of benzene rings is 1. The van der Waals surface area contributed by atoms with Crippen molar-refractivity contribution in [3.05, 3.63) is 78.4 Å². The number of carbonyl (C=O) groups excluding carboxylic acids is 1. The fourth-order valence-corrected chi connectivity index (χ4v) is 3.08. The van der Waals surface area contributed by atoms with Crippen molar-refractivity contribution in [1.29, 1.82) is 0 Å². The van der Waals surface area contributed by atoms with E-state index in [-0.39, 0.29) is 12.3 Å². The van der Waals surface area contributed by atoms with Gasteiger partial charge in [0.2, 0.25) is 5.91 Å². The van der Waals surface area contributed by atoms with Crippen LogP contribution in [-0.2, 0) is 17.8 Å². The van der Waals surface area contributed by atoms with Gasteiger partial charge in [-0.1, -0.05) is 30.3 Å². The molecule has 0 fully saturated rings. The first kappa shape index (κ1) is 16.8. The number of aromatic amines is 1. The minimum atomic E-state index is -0.0867. The summed E-state index contributed by atoms with van der Waals surface area (Å²) in [5, 5.41) is 3.97. The Labute approximate surface area is 156 Å². The largest absolute Gasteiger partial charge is 0.397 e. The van der Waals surface area contributed by atoms with Gasteiger partial charge >= 0.3 is 0 Å². The highest BCUT2D eigenvalue weighted by Gasteiger charge is 2.12. The van der Waals surface area contributed by atoms with Crippen LogP contribution < -0.4 is 11.1 Å². The molecule has 4 rings (SSSR count). The standard InChI is InChI=1S/C21H19N5O/c22-17-8-15(21(25-12-17)14-4-2-1-3-5-14)10-20(27)24-13-18-9-16-11-23-7-6-19(16)26-18/h1-9,11-12,26H,10,13,22H2,(H,24,27). The number of anilines is 1. The van der Waals surface area contributed by atoms with E-state index in [1.807, 2.05) is 48.5 Å². The van der Waals surface area contributed by atoms with Crippen molar-refractivity contribution in [3.63, 3.8) is 0 Å². The Morgan fingerprint density at radius 1 is 1.11 bits per heavy atom. The molecule has 6 nitrogen and oxygen atoms in total. The fraction of sp³-hybridized carbons (Fsp3) is 0.0952. The van der Waals surface area contributed by atoms with Crippen LogP contribution in [0.4, 0.5) is 5.69 Å².